The summed E-state index contributed by atoms with van der Waals surface area (Å²) in [6, 6.07) is 9.10. The molecule has 1 atom stereocenters. The fourth-order valence-corrected chi connectivity index (χ4v) is 1.33. The van der Waals surface area contributed by atoms with E-state index in [0.717, 1.165) is 11.8 Å². The maximum absolute atomic E-state index is 11.4. The van der Waals surface area contributed by atoms with E-state index in [1.807, 2.05) is 18.2 Å². The van der Waals surface area contributed by atoms with E-state index >= 15 is 0 Å². The van der Waals surface area contributed by atoms with Crippen LogP contribution in [0.5, 0.6) is 0 Å². The smallest absolute Gasteiger partial charge is 0.379 e. The van der Waals surface area contributed by atoms with Crippen molar-refractivity contribution in [2.75, 3.05) is 13.2 Å². The minimum Gasteiger partial charge on any atom is -0.379 e. The lowest BCUT2D eigenvalue weighted by atomic mass is 10.2. The predicted octanol–water partition coefficient (Wildman–Crippen LogP) is 2.81. The number of rotatable bonds is 2. The molecule has 0 N–H and O–H groups in total. The Morgan fingerprint density at radius 1 is 1.28 bits per heavy atom. The standard InChI is InChI=1S/C7H6O.C5H7F3O2/c8-6-7-4-2-1-3-5-7;6-5(7,8)10-4-1-2-9-3-4/h1-6H;4H,1-3H2. The zero-order valence-electron chi connectivity index (χ0n) is 9.52. The lowest BCUT2D eigenvalue weighted by Gasteiger charge is -2.11. The van der Waals surface area contributed by atoms with Gasteiger partial charge >= 0.3 is 6.36 Å². The Bertz CT molecular complexity index is 345. The van der Waals surface area contributed by atoms with Crippen LogP contribution >= 0.6 is 0 Å². The summed E-state index contributed by atoms with van der Waals surface area (Å²) in [6.07, 6.45) is -4.14. The lowest BCUT2D eigenvalue weighted by Crippen LogP contribution is -2.23. The monoisotopic (exact) mass is 262 g/mol. The third kappa shape index (κ3) is 6.36. The molecule has 2 rings (SSSR count). The molecule has 1 aromatic rings. The van der Waals surface area contributed by atoms with Crippen molar-refractivity contribution in [2.45, 2.75) is 18.9 Å². The lowest BCUT2D eigenvalue weighted by molar-refractivity contribution is -0.341. The average molecular weight is 262 g/mol. The number of hydrogen-bond donors (Lipinski definition) is 0. The van der Waals surface area contributed by atoms with Gasteiger partial charge in [-0.05, 0) is 6.42 Å². The number of benzene rings is 1. The average Bonchev–Trinajstić information content (AvgIpc) is 2.81. The topological polar surface area (TPSA) is 35.5 Å². The van der Waals surface area contributed by atoms with Crippen LogP contribution in [-0.2, 0) is 9.47 Å². The third-order valence-electron chi connectivity index (χ3n) is 2.12. The molecule has 0 bridgehead atoms. The van der Waals surface area contributed by atoms with E-state index in [9.17, 15) is 18.0 Å². The van der Waals surface area contributed by atoms with E-state index in [1.165, 1.54) is 0 Å². The minimum atomic E-state index is -4.52. The Kier molecular flexibility index (Phi) is 5.80. The quantitative estimate of drug-likeness (QED) is 0.769. The van der Waals surface area contributed by atoms with E-state index in [0.29, 0.717) is 13.0 Å². The van der Waals surface area contributed by atoms with Crippen LogP contribution in [0.1, 0.15) is 16.8 Å². The maximum Gasteiger partial charge on any atom is 0.522 e. The van der Waals surface area contributed by atoms with Gasteiger partial charge in [-0.2, -0.15) is 0 Å². The summed E-state index contributed by atoms with van der Waals surface area (Å²) < 4.78 is 42.6. The molecule has 1 aliphatic heterocycles. The van der Waals surface area contributed by atoms with E-state index in [1.54, 1.807) is 12.1 Å². The molecule has 1 aliphatic rings. The van der Waals surface area contributed by atoms with Crippen molar-refractivity contribution < 1.29 is 27.4 Å². The SMILES string of the molecule is FC(F)(F)OC1CCOC1.O=Cc1ccccc1. The number of ether oxygens (including phenoxy) is 2. The molecule has 1 unspecified atom stereocenters. The van der Waals surface area contributed by atoms with Gasteiger partial charge in [0.05, 0.1) is 12.7 Å². The van der Waals surface area contributed by atoms with Crippen LogP contribution in [-0.4, -0.2) is 32.0 Å². The predicted molar refractivity (Wildman–Crippen MR) is 58.2 cm³/mol. The second kappa shape index (κ2) is 7.13. The Balaban J connectivity index is 0.000000184. The Morgan fingerprint density at radius 3 is 2.33 bits per heavy atom. The highest BCUT2D eigenvalue weighted by molar-refractivity contribution is 5.74. The number of alkyl halides is 3. The van der Waals surface area contributed by atoms with Crippen molar-refractivity contribution in [3.8, 4) is 0 Å². The summed E-state index contributed by atoms with van der Waals surface area (Å²) in [5, 5.41) is 0. The minimum absolute atomic E-state index is 0.0551. The Hall–Kier alpha value is -1.40. The first-order valence-corrected chi connectivity index (χ1v) is 5.34. The van der Waals surface area contributed by atoms with Gasteiger partial charge in [0.2, 0.25) is 0 Å². The number of halogens is 3. The van der Waals surface area contributed by atoms with E-state index in [2.05, 4.69) is 9.47 Å². The van der Waals surface area contributed by atoms with Gasteiger partial charge < -0.3 is 4.74 Å². The van der Waals surface area contributed by atoms with Gasteiger partial charge in [0, 0.05) is 12.2 Å². The normalized spacial score (nSPS) is 18.9. The van der Waals surface area contributed by atoms with Crippen molar-refractivity contribution >= 4 is 6.29 Å². The highest BCUT2D eigenvalue weighted by atomic mass is 19.4. The van der Waals surface area contributed by atoms with Gasteiger partial charge in [-0.25, -0.2) is 0 Å². The zero-order valence-corrected chi connectivity index (χ0v) is 9.52. The number of hydrogen-bond acceptors (Lipinski definition) is 3. The number of carbonyl (C=O) groups is 1. The summed E-state index contributed by atoms with van der Waals surface area (Å²) >= 11 is 0. The zero-order chi connectivity index (χ0) is 13.4. The number of aldehydes is 1. The molecular weight excluding hydrogens is 249 g/mol. The van der Waals surface area contributed by atoms with Crippen LogP contribution in [0.4, 0.5) is 13.2 Å². The number of carbonyl (C=O) groups excluding carboxylic acids is 1. The second-order valence-electron chi connectivity index (χ2n) is 3.58. The van der Waals surface area contributed by atoms with Gasteiger partial charge in [0.25, 0.3) is 0 Å². The second-order valence-corrected chi connectivity index (χ2v) is 3.58. The third-order valence-corrected chi connectivity index (χ3v) is 2.12. The first-order chi connectivity index (χ1) is 8.51. The first-order valence-electron chi connectivity index (χ1n) is 5.34. The fraction of sp³-hybridized carbons (Fsp3) is 0.417. The van der Waals surface area contributed by atoms with Crippen molar-refractivity contribution in [1.29, 1.82) is 0 Å². The highest BCUT2D eigenvalue weighted by Gasteiger charge is 2.34. The molecule has 0 amide bonds. The van der Waals surface area contributed by atoms with Gasteiger partial charge in [-0.15, -0.1) is 13.2 Å². The van der Waals surface area contributed by atoms with E-state index in [-0.39, 0.29) is 6.61 Å². The van der Waals surface area contributed by atoms with Crippen LogP contribution in [0.25, 0.3) is 0 Å². The largest absolute Gasteiger partial charge is 0.522 e. The molecule has 100 valence electrons. The van der Waals surface area contributed by atoms with Crippen molar-refractivity contribution in [2.24, 2.45) is 0 Å². The van der Waals surface area contributed by atoms with Crippen molar-refractivity contribution in [1.82, 2.24) is 0 Å². The molecule has 0 aromatic heterocycles. The fourth-order valence-electron chi connectivity index (χ4n) is 1.33. The molecule has 0 radical (unpaired) electrons. The maximum atomic E-state index is 11.4. The van der Waals surface area contributed by atoms with Crippen LogP contribution in [0, 0.1) is 0 Å². The van der Waals surface area contributed by atoms with E-state index in [4.69, 9.17) is 0 Å². The Morgan fingerprint density at radius 2 is 1.94 bits per heavy atom. The summed E-state index contributed by atoms with van der Waals surface area (Å²) in [4.78, 5) is 10.0. The molecule has 0 spiro atoms. The molecule has 3 nitrogen and oxygen atoms in total. The highest BCUT2D eigenvalue weighted by Crippen LogP contribution is 2.22. The molecule has 6 heteroatoms. The van der Waals surface area contributed by atoms with Crippen LogP contribution in [0.3, 0.4) is 0 Å². The van der Waals surface area contributed by atoms with E-state index < -0.39 is 12.5 Å². The first kappa shape index (κ1) is 14.7. The molecule has 0 aliphatic carbocycles. The molecular formula is C12H13F3O3. The molecule has 1 fully saturated rings. The molecule has 1 heterocycles. The van der Waals surface area contributed by atoms with Crippen LogP contribution < -0.4 is 0 Å². The van der Waals surface area contributed by atoms with Gasteiger partial charge in [0.1, 0.15) is 6.29 Å². The molecule has 18 heavy (non-hydrogen) atoms. The van der Waals surface area contributed by atoms with Gasteiger partial charge in [0.15, 0.2) is 0 Å². The Labute approximate surface area is 103 Å². The van der Waals surface area contributed by atoms with Gasteiger partial charge in [-0.1, -0.05) is 30.3 Å². The molecule has 1 saturated heterocycles. The van der Waals surface area contributed by atoms with Gasteiger partial charge in [-0.3, -0.25) is 9.53 Å². The molecule has 0 saturated carbocycles. The summed E-state index contributed by atoms with van der Waals surface area (Å²) in [5.74, 6) is 0. The van der Waals surface area contributed by atoms with Crippen LogP contribution in [0.15, 0.2) is 30.3 Å². The van der Waals surface area contributed by atoms with Crippen LogP contribution in [0.2, 0.25) is 0 Å². The summed E-state index contributed by atoms with van der Waals surface area (Å²) in [6.45, 7) is 0.417. The van der Waals surface area contributed by atoms with Crippen molar-refractivity contribution in [3.05, 3.63) is 35.9 Å². The molecule has 1 aromatic carbocycles. The summed E-state index contributed by atoms with van der Waals surface area (Å²) in [5.41, 5.74) is 0.729. The van der Waals surface area contributed by atoms with Crippen molar-refractivity contribution in [3.63, 3.8) is 0 Å². The summed E-state index contributed by atoms with van der Waals surface area (Å²) in [7, 11) is 0.